The zero-order valence-corrected chi connectivity index (χ0v) is 20.0. The molecule has 0 radical (unpaired) electrons. The molecule has 7 nitrogen and oxygen atoms in total. The summed E-state index contributed by atoms with van der Waals surface area (Å²) in [4.78, 5) is 9.02. The SMILES string of the molecule is CCNC(=NCCCc1nc(C(C)C)no1)NCCCOC1CCCCC1.I. The third-order valence-electron chi connectivity index (χ3n) is 4.68. The molecule has 0 saturated heterocycles. The van der Waals surface area contributed by atoms with Gasteiger partial charge in [-0.05, 0) is 32.6 Å². The molecule has 1 aliphatic carbocycles. The first-order valence-corrected chi connectivity index (χ1v) is 10.6. The summed E-state index contributed by atoms with van der Waals surface area (Å²) >= 11 is 0. The Balaban J connectivity index is 0.00000392. The molecule has 2 rings (SSSR count). The molecule has 0 bridgehead atoms. The number of nitrogens with zero attached hydrogens (tertiary/aromatic N) is 3. The molecule has 0 spiro atoms. The maximum atomic E-state index is 5.97. The second-order valence-electron chi connectivity index (χ2n) is 7.48. The summed E-state index contributed by atoms with van der Waals surface area (Å²) < 4.78 is 11.2. The molecular weight excluding hydrogens is 469 g/mol. The van der Waals surface area contributed by atoms with Crippen LogP contribution in [0.15, 0.2) is 9.52 Å². The van der Waals surface area contributed by atoms with Crippen LogP contribution in [-0.4, -0.2) is 48.4 Å². The van der Waals surface area contributed by atoms with E-state index in [1.165, 1.54) is 32.1 Å². The summed E-state index contributed by atoms with van der Waals surface area (Å²) in [6.45, 7) is 9.49. The maximum absolute atomic E-state index is 5.97. The van der Waals surface area contributed by atoms with Crippen molar-refractivity contribution in [1.82, 2.24) is 20.8 Å². The average Bonchev–Trinajstić information content (AvgIpc) is 3.15. The quantitative estimate of drug-likeness (QED) is 0.204. The van der Waals surface area contributed by atoms with Gasteiger partial charge in [0.2, 0.25) is 5.89 Å². The fraction of sp³-hybridized carbons (Fsp3) is 0.850. The van der Waals surface area contributed by atoms with E-state index in [4.69, 9.17) is 9.26 Å². The van der Waals surface area contributed by atoms with E-state index >= 15 is 0 Å². The van der Waals surface area contributed by atoms with E-state index in [0.29, 0.717) is 17.9 Å². The van der Waals surface area contributed by atoms with Crippen LogP contribution in [0.25, 0.3) is 0 Å². The Kier molecular flexibility index (Phi) is 13.5. The molecule has 1 saturated carbocycles. The molecule has 162 valence electrons. The number of aliphatic imine (C=N–C) groups is 1. The highest BCUT2D eigenvalue weighted by Crippen LogP contribution is 2.20. The minimum atomic E-state index is 0. The summed E-state index contributed by atoms with van der Waals surface area (Å²) in [6, 6.07) is 0. The Morgan fingerprint density at radius 1 is 1.21 bits per heavy atom. The van der Waals surface area contributed by atoms with Crippen LogP contribution in [0.5, 0.6) is 0 Å². The molecular formula is C20H38IN5O2. The molecule has 0 aromatic carbocycles. The number of halogens is 1. The molecule has 1 aromatic rings. The highest BCUT2D eigenvalue weighted by Gasteiger charge is 2.13. The summed E-state index contributed by atoms with van der Waals surface area (Å²) in [7, 11) is 0. The first-order valence-electron chi connectivity index (χ1n) is 10.6. The van der Waals surface area contributed by atoms with E-state index in [1.54, 1.807) is 0 Å². The smallest absolute Gasteiger partial charge is 0.226 e. The van der Waals surface area contributed by atoms with Crippen LogP contribution < -0.4 is 10.6 Å². The second-order valence-corrected chi connectivity index (χ2v) is 7.48. The zero-order chi connectivity index (χ0) is 19.3. The van der Waals surface area contributed by atoms with Crippen LogP contribution in [0.3, 0.4) is 0 Å². The molecule has 1 heterocycles. The van der Waals surface area contributed by atoms with Crippen LogP contribution in [0.4, 0.5) is 0 Å². The predicted molar refractivity (Wildman–Crippen MR) is 124 cm³/mol. The second kappa shape index (κ2) is 15.0. The number of guanidine groups is 1. The number of hydrogen-bond acceptors (Lipinski definition) is 5. The molecule has 1 aliphatic rings. The lowest BCUT2D eigenvalue weighted by atomic mass is 9.98. The molecule has 2 N–H and O–H groups in total. The highest BCUT2D eigenvalue weighted by molar-refractivity contribution is 14.0. The summed E-state index contributed by atoms with van der Waals surface area (Å²) in [5.41, 5.74) is 0. The topological polar surface area (TPSA) is 84.6 Å². The van der Waals surface area contributed by atoms with Crippen LogP contribution in [-0.2, 0) is 11.2 Å². The van der Waals surface area contributed by atoms with Crippen molar-refractivity contribution >= 4 is 29.9 Å². The van der Waals surface area contributed by atoms with Crippen molar-refractivity contribution in [3.8, 4) is 0 Å². The monoisotopic (exact) mass is 507 g/mol. The fourth-order valence-electron chi connectivity index (χ4n) is 3.13. The van der Waals surface area contributed by atoms with Crippen LogP contribution in [0.1, 0.15) is 83.3 Å². The Hall–Kier alpha value is -0.900. The van der Waals surface area contributed by atoms with Gasteiger partial charge in [0.15, 0.2) is 11.8 Å². The van der Waals surface area contributed by atoms with Gasteiger partial charge in [-0.2, -0.15) is 4.98 Å². The zero-order valence-electron chi connectivity index (χ0n) is 17.7. The first kappa shape index (κ1) is 25.1. The van der Waals surface area contributed by atoms with Gasteiger partial charge in [-0.1, -0.05) is 38.3 Å². The van der Waals surface area contributed by atoms with E-state index in [0.717, 1.165) is 57.3 Å². The molecule has 28 heavy (non-hydrogen) atoms. The lowest BCUT2D eigenvalue weighted by Crippen LogP contribution is -2.38. The van der Waals surface area contributed by atoms with Gasteiger partial charge in [0.05, 0.1) is 6.10 Å². The van der Waals surface area contributed by atoms with Crippen molar-refractivity contribution < 1.29 is 9.26 Å². The van der Waals surface area contributed by atoms with E-state index in [2.05, 4.69) is 46.5 Å². The van der Waals surface area contributed by atoms with Crippen LogP contribution in [0, 0.1) is 0 Å². The fourth-order valence-corrected chi connectivity index (χ4v) is 3.13. The molecule has 0 amide bonds. The standard InChI is InChI=1S/C20H37N5O2.HI/c1-4-21-20(23-14-9-15-26-17-10-6-5-7-11-17)22-13-8-12-18-24-19(16(2)3)25-27-18;/h16-17H,4-15H2,1-3H3,(H2,21,22,23);1H. The largest absolute Gasteiger partial charge is 0.378 e. The number of ether oxygens (including phenoxy) is 1. The summed E-state index contributed by atoms with van der Waals surface area (Å²) in [5.74, 6) is 2.64. The molecule has 1 fully saturated rings. The van der Waals surface area contributed by atoms with Crippen molar-refractivity contribution in [3.05, 3.63) is 11.7 Å². The van der Waals surface area contributed by atoms with Crippen molar-refractivity contribution in [2.75, 3.05) is 26.2 Å². The van der Waals surface area contributed by atoms with Crippen LogP contribution in [0.2, 0.25) is 0 Å². The van der Waals surface area contributed by atoms with Crippen molar-refractivity contribution in [2.24, 2.45) is 4.99 Å². The summed E-state index contributed by atoms with van der Waals surface area (Å²) in [6.07, 6.45) is 9.62. The van der Waals surface area contributed by atoms with Crippen molar-refractivity contribution in [3.63, 3.8) is 0 Å². The van der Waals surface area contributed by atoms with Crippen molar-refractivity contribution in [2.45, 2.75) is 84.2 Å². The van der Waals surface area contributed by atoms with Gasteiger partial charge in [-0.3, -0.25) is 4.99 Å². The molecule has 1 aromatic heterocycles. The van der Waals surface area contributed by atoms with Gasteiger partial charge in [-0.25, -0.2) is 0 Å². The maximum Gasteiger partial charge on any atom is 0.226 e. The van der Waals surface area contributed by atoms with Gasteiger partial charge >= 0.3 is 0 Å². The Labute approximate surface area is 186 Å². The van der Waals surface area contributed by atoms with Gasteiger partial charge in [0.1, 0.15) is 0 Å². The van der Waals surface area contributed by atoms with E-state index in [-0.39, 0.29) is 24.0 Å². The normalized spacial score (nSPS) is 15.5. The lowest BCUT2D eigenvalue weighted by Gasteiger charge is -2.22. The predicted octanol–water partition coefficient (Wildman–Crippen LogP) is 4.04. The number of aromatic nitrogens is 2. The van der Waals surface area contributed by atoms with E-state index in [1.807, 2.05) is 0 Å². The van der Waals surface area contributed by atoms with Gasteiger partial charge in [0.25, 0.3) is 0 Å². The van der Waals surface area contributed by atoms with E-state index in [9.17, 15) is 0 Å². The molecule has 0 unspecified atom stereocenters. The first-order chi connectivity index (χ1) is 13.2. The minimum absolute atomic E-state index is 0. The van der Waals surface area contributed by atoms with Gasteiger partial charge in [-0.15, -0.1) is 24.0 Å². The Morgan fingerprint density at radius 3 is 2.68 bits per heavy atom. The number of nitrogens with one attached hydrogen (secondary N) is 2. The third kappa shape index (κ3) is 10.0. The van der Waals surface area contributed by atoms with E-state index < -0.39 is 0 Å². The Bertz CT molecular complexity index is 544. The average molecular weight is 507 g/mol. The molecule has 8 heteroatoms. The third-order valence-corrected chi connectivity index (χ3v) is 4.68. The minimum Gasteiger partial charge on any atom is -0.378 e. The highest BCUT2D eigenvalue weighted by atomic mass is 127. The number of rotatable bonds is 11. The van der Waals surface area contributed by atoms with Crippen molar-refractivity contribution in [1.29, 1.82) is 0 Å². The van der Waals surface area contributed by atoms with Gasteiger partial charge in [0, 0.05) is 38.6 Å². The molecule has 0 atom stereocenters. The number of aryl methyl sites for hydroxylation is 1. The number of hydrogen-bond donors (Lipinski definition) is 2. The molecule has 0 aliphatic heterocycles. The van der Waals surface area contributed by atoms with Crippen LogP contribution >= 0.6 is 24.0 Å². The summed E-state index contributed by atoms with van der Waals surface area (Å²) in [5, 5.41) is 10.7. The Morgan fingerprint density at radius 2 is 2.00 bits per heavy atom. The lowest BCUT2D eigenvalue weighted by molar-refractivity contribution is 0.0277. The van der Waals surface area contributed by atoms with Gasteiger partial charge < -0.3 is 19.9 Å².